The predicted molar refractivity (Wildman–Crippen MR) is 79.3 cm³/mol. The van der Waals surface area contributed by atoms with E-state index in [0.29, 0.717) is 6.04 Å². The van der Waals surface area contributed by atoms with Crippen molar-refractivity contribution in [2.24, 2.45) is 0 Å². The molecule has 1 heterocycles. The van der Waals surface area contributed by atoms with E-state index >= 15 is 0 Å². The summed E-state index contributed by atoms with van der Waals surface area (Å²) < 4.78 is 0. The summed E-state index contributed by atoms with van der Waals surface area (Å²) in [4.78, 5) is 6.42. The van der Waals surface area contributed by atoms with Gasteiger partial charge in [0.2, 0.25) is 0 Å². The van der Waals surface area contributed by atoms with Gasteiger partial charge in [0.15, 0.2) is 0 Å². The van der Waals surface area contributed by atoms with Gasteiger partial charge in [-0.15, -0.1) is 11.3 Å². The maximum Gasteiger partial charge on any atom is 0.110 e. The van der Waals surface area contributed by atoms with Crippen molar-refractivity contribution in [1.82, 2.24) is 10.3 Å². The van der Waals surface area contributed by atoms with Crippen LogP contribution >= 0.6 is 11.3 Å². The fourth-order valence-electron chi connectivity index (χ4n) is 2.69. The summed E-state index contributed by atoms with van der Waals surface area (Å²) in [7, 11) is 0. The SMILES string of the molecule is CCCCCCC(NCC)c1nc2c(s1)CCC2. The van der Waals surface area contributed by atoms with Crippen LogP contribution in [0.5, 0.6) is 0 Å². The van der Waals surface area contributed by atoms with Crippen LogP contribution < -0.4 is 5.32 Å². The molecule has 18 heavy (non-hydrogen) atoms. The van der Waals surface area contributed by atoms with Gasteiger partial charge in [0.1, 0.15) is 5.01 Å². The summed E-state index contributed by atoms with van der Waals surface area (Å²) in [5.74, 6) is 0. The van der Waals surface area contributed by atoms with E-state index in [2.05, 4.69) is 19.2 Å². The lowest BCUT2D eigenvalue weighted by atomic mass is 10.1. The fraction of sp³-hybridized carbons (Fsp3) is 0.800. The van der Waals surface area contributed by atoms with Crippen LogP contribution in [0.3, 0.4) is 0 Å². The Bertz CT molecular complexity index is 338. The highest BCUT2D eigenvalue weighted by atomic mass is 32.1. The number of nitrogens with one attached hydrogen (secondary N) is 1. The zero-order chi connectivity index (χ0) is 12.8. The van der Waals surface area contributed by atoms with Gasteiger partial charge in [-0.1, -0.05) is 39.5 Å². The Morgan fingerprint density at radius 2 is 2.11 bits per heavy atom. The molecular weight excluding hydrogens is 240 g/mol. The summed E-state index contributed by atoms with van der Waals surface area (Å²) in [6.45, 7) is 5.51. The lowest BCUT2D eigenvalue weighted by Gasteiger charge is -2.15. The van der Waals surface area contributed by atoms with E-state index in [0.717, 1.165) is 6.54 Å². The van der Waals surface area contributed by atoms with Crippen molar-refractivity contribution < 1.29 is 0 Å². The number of aromatic nitrogens is 1. The molecule has 102 valence electrons. The lowest BCUT2D eigenvalue weighted by molar-refractivity contribution is 0.479. The molecule has 0 aliphatic heterocycles. The zero-order valence-electron chi connectivity index (χ0n) is 11.8. The molecule has 0 fully saturated rings. The highest BCUT2D eigenvalue weighted by molar-refractivity contribution is 7.11. The van der Waals surface area contributed by atoms with E-state index in [9.17, 15) is 0 Å². The van der Waals surface area contributed by atoms with Crippen LogP contribution in [0.1, 0.15) is 74.0 Å². The molecule has 1 atom stereocenters. The molecule has 1 unspecified atom stereocenters. The molecule has 3 heteroatoms. The Hall–Kier alpha value is -0.410. The minimum atomic E-state index is 0.502. The van der Waals surface area contributed by atoms with Gasteiger partial charge in [0.25, 0.3) is 0 Å². The zero-order valence-corrected chi connectivity index (χ0v) is 12.6. The van der Waals surface area contributed by atoms with Gasteiger partial charge in [-0.2, -0.15) is 0 Å². The quantitative estimate of drug-likeness (QED) is 0.711. The molecule has 0 spiro atoms. The van der Waals surface area contributed by atoms with Crippen molar-refractivity contribution in [3.63, 3.8) is 0 Å². The number of hydrogen-bond acceptors (Lipinski definition) is 3. The second-order valence-corrected chi connectivity index (χ2v) is 6.35. The Morgan fingerprint density at radius 3 is 2.83 bits per heavy atom. The lowest BCUT2D eigenvalue weighted by Crippen LogP contribution is -2.20. The Kier molecular flexibility index (Phi) is 5.64. The Balaban J connectivity index is 1.91. The molecule has 1 aliphatic carbocycles. The van der Waals surface area contributed by atoms with E-state index in [-0.39, 0.29) is 0 Å². The second kappa shape index (κ2) is 7.25. The summed E-state index contributed by atoms with van der Waals surface area (Å²) in [6, 6.07) is 0.502. The number of nitrogens with zero attached hydrogens (tertiary/aromatic N) is 1. The average molecular weight is 266 g/mol. The van der Waals surface area contributed by atoms with Crippen LogP contribution in [0.15, 0.2) is 0 Å². The number of rotatable bonds is 8. The first-order valence-electron chi connectivity index (χ1n) is 7.57. The van der Waals surface area contributed by atoms with Gasteiger partial charge >= 0.3 is 0 Å². The van der Waals surface area contributed by atoms with Crippen molar-refractivity contribution in [3.05, 3.63) is 15.6 Å². The number of fused-ring (bicyclic) bond motifs is 1. The fourth-order valence-corrected chi connectivity index (χ4v) is 3.96. The summed E-state index contributed by atoms with van der Waals surface area (Å²) in [5.41, 5.74) is 1.39. The van der Waals surface area contributed by atoms with Gasteiger partial charge in [-0.25, -0.2) is 4.98 Å². The van der Waals surface area contributed by atoms with Crippen LogP contribution in [-0.4, -0.2) is 11.5 Å². The van der Waals surface area contributed by atoms with Gasteiger partial charge in [0.05, 0.1) is 11.7 Å². The van der Waals surface area contributed by atoms with Gasteiger partial charge in [-0.05, 0) is 32.2 Å². The Labute approximate surface area is 115 Å². The van der Waals surface area contributed by atoms with E-state index in [1.165, 1.54) is 62.1 Å². The van der Waals surface area contributed by atoms with Crippen molar-refractivity contribution in [3.8, 4) is 0 Å². The van der Waals surface area contributed by atoms with Crippen LogP contribution in [0.2, 0.25) is 0 Å². The van der Waals surface area contributed by atoms with E-state index < -0.39 is 0 Å². The topological polar surface area (TPSA) is 24.9 Å². The smallest absolute Gasteiger partial charge is 0.110 e. The summed E-state index contributed by atoms with van der Waals surface area (Å²) in [5, 5.41) is 4.96. The molecule has 0 saturated heterocycles. The van der Waals surface area contributed by atoms with Gasteiger partial charge < -0.3 is 5.32 Å². The molecule has 0 radical (unpaired) electrons. The van der Waals surface area contributed by atoms with E-state index in [4.69, 9.17) is 4.98 Å². The maximum atomic E-state index is 4.86. The van der Waals surface area contributed by atoms with Crippen molar-refractivity contribution in [1.29, 1.82) is 0 Å². The average Bonchev–Trinajstić information content (AvgIpc) is 2.93. The van der Waals surface area contributed by atoms with Crippen molar-refractivity contribution >= 4 is 11.3 Å². The second-order valence-electron chi connectivity index (χ2n) is 5.24. The minimum absolute atomic E-state index is 0.502. The molecule has 2 rings (SSSR count). The van der Waals surface area contributed by atoms with Crippen molar-refractivity contribution in [2.45, 2.75) is 71.3 Å². The number of unbranched alkanes of at least 4 members (excludes halogenated alkanes) is 3. The third-order valence-electron chi connectivity index (χ3n) is 3.71. The molecule has 0 bridgehead atoms. The Morgan fingerprint density at radius 1 is 1.22 bits per heavy atom. The first-order chi connectivity index (χ1) is 8.85. The monoisotopic (exact) mass is 266 g/mol. The first kappa shape index (κ1) is 14.0. The highest BCUT2D eigenvalue weighted by Gasteiger charge is 2.21. The molecular formula is C15H26N2S. The highest BCUT2D eigenvalue weighted by Crippen LogP contribution is 2.32. The molecule has 2 nitrogen and oxygen atoms in total. The summed E-state index contributed by atoms with van der Waals surface area (Å²) >= 11 is 1.96. The van der Waals surface area contributed by atoms with Crippen LogP contribution in [0.25, 0.3) is 0 Å². The third kappa shape index (κ3) is 3.55. The standard InChI is InChI=1S/C15H26N2S/c1-3-5-6-7-9-13(16-4-2)15-17-12-10-8-11-14(12)18-15/h13,16H,3-11H2,1-2H3. The summed E-state index contributed by atoms with van der Waals surface area (Å²) in [6.07, 6.45) is 10.4. The maximum absolute atomic E-state index is 4.86. The minimum Gasteiger partial charge on any atom is -0.308 e. The molecule has 1 aliphatic rings. The van der Waals surface area contributed by atoms with E-state index in [1.807, 2.05) is 11.3 Å². The van der Waals surface area contributed by atoms with Crippen LogP contribution in [0, 0.1) is 0 Å². The molecule has 1 aromatic heterocycles. The molecule has 1 N–H and O–H groups in total. The predicted octanol–water partition coefficient (Wildman–Crippen LogP) is 4.25. The number of thiazole rings is 1. The number of hydrogen-bond donors (Lipinski definition) is 1. The number of aryl methyl sites for hydroxylation is 2. The molecule has 0 amide bonds. The first-order valence-corrected chi connectivity index (χ1v) is 8.38. The largest absolute Gasteiger partial charge is 0.308 e. The van der Waals surface area contributed by atoms with E-state index in [1.54, 1.807) is 4.88 Å². The molecule has 0 aromatic carbocycles. The molecule has 0 saturated carbocycles. The van der Waals surface area contributed by atoms with Crippen LogP contribution in [-0.2, 0) is 12.8 Å². The normalized spacial score (nSPS) is 15.9. The van der Waals surface area contributed by atoms with Gasteiger partial charge in [0, 0.05) is 4.88 Å². The van der Waals surface area contributed by atoms with Crippen LogP contribution in [0.4, 0.5) is 0 Å². The van der Waals surface area contributed by atoms with Gasteiger partial charge in [-0.3, -0.25) is 0 Å². The molecule has 1 aromatic rings. The van der Waals surface area contributed by atoms with Crippen molar-refractivity contribution in [2.75, 3.05) is 6.54 Å². The third-order valence-corrected chi connectivity index (χ3v) is 4.98.